The molecule has 0 bridgehead atoms. The van der Waals surface area contributed by atoms with Crippen LogP contribution in [-0.4, -0.2) is 56.8 Å². The molecule has 252 valence electrons. The summed E-state index contributed by atoms with van der Waals surface area (Å²) in [5.41, 5.74) is 3.14. The van der Waals surface area contributed by atoms with Gasteiger partial charge in [-0.3, -0.25) is 9.69 Å². The van der Waals surface area contributed by atoms with Crippen LogP contribution in [0.5, 0.6) is 5.75 Å². The van der Waals surface area contributed by atoms with Gasteiger partial charge in [0, 0.05) is 11.1 Å². The molecule has 1 aliphatic heterocycles. The molecule has 1 N–H and O–H groups in total. The van der Waals surface area contributed by atoms with Gasteiger partial charge in [0.2, 0.25) is 5.91 Å². The maximum atomic E-state index is 13.0. The molecule has 0 saturated carbocycles. The summed E-state index contributed by atoms with van der Waals surface area (Å²) in [5, 5.41) is 6.97. The fourth-order valence-corrected chi connectivity index (χ4v) is 5.53. The summed E-state index contributed by atoms with van der Waals surface area (Å²) in [5.74, 6) is -0.657. The van der Waals surface area contributed by atoms with E-state index in [2.05, 4.69) is 25.1 Å². The monoisotopic (exact) mass is 712 g/mol. The van der Waals surface area contributed by atoms with Crippen LogP contribution in [-0.2, 0) is 16.1 Å². The van der Waals surface area contributed by atoms with Crippen LogP contribution in [0.3, 0.4) is 0 Å². The van der Waals surface area contributed by atoms with E-state index in [1.165, 1.54) is 40.2 Å². The number of alkyl halides is 6. The van der Waals surface area contributed by atoms with Crippen molar-refractivity contribution >= 4 is 51.8 Å². The molecule has 1 saturated heterocycles. The highest BCUT2D eigenvalue weighted by atomic mass is 35.5. The molecule has 5 rings (SSSR count). The Morgan fingerprint density at radius 2 is 1.75 bits per heavy atom. The maximum absolute atomic E-state index is 13.0. The van der Waals surface area contributed by atoms with Crippen LogP contribution in [0.25, 0.3) is 17.1 Å². The third-order valence-electron chi connectivity index (χ3n) is 6.72. The molecule has 4 aromatic rings. The lowest BCUT2D eigenvalue weighted by molar-refractivity contribution is -0.274. The van der Waals surface area contributed by atoms with E-state index in [4.69, 9.17) is 16.3 Å². The first-order valence-corrected chi connectivity index (χ1v) is 15.1. The number of carbonyl (C=O) groups is 2. The molecule has 1 aliphatic rings. The van der Waals surface area contributed by atoms with Gasteiger partial charge in [0.25, 0.3) is 0 Å². The van der Waals surface area contributed by atoms with Crippen LogP contribution in [0.15, 0.2) is 65.9 Å². The van der Waals surface area contributed by atoms with E-state index in [1.54, 1.807) is 32.0 Å². The van der Waals surface area contributed by atoms with Gasteiger partial charge < -0.3 is 14.8 Å². The zero-order valence-corrected chi connectivity index (χ0v) is 26.4. The Hall–Kier alpha value is -4.61. The predicted molar refractivity (Wildman–Crippen MR) is 167 cm³/mol. The molecule has 48 heavy (non-hydrogen) atoms. The number of rotatable bonds is 8. The number of nitrogens with one attached hydrogen (secondary N) is 1. The van der Waals surface area contributed by atoms with Gasteiger partial charge in [-0.25, -0.2) is 14.5 Å². The number of aliphatic imine (C=N–C) groups is 1. The van der Waals surface area contributed by atoms with Gasteiger partial charge in [-0.05, 0) is 73.5 Å². The Bertz CT molecular complexity index is 1880. The Morgan fingerprint density at radius 1 is 1.04 bits per heavy atom. The van der Waals surface area contributed by atoms with Gasteiger partial charge >= 0.3 is 18.6 Å². The standard InChI is InChI=1S/C30H23ClF6N6O4S/c1-16-9-19(12-46-14-29(32,33)34)24(10-17(16)2)43-25(44)13-48-28(43)40-27(45)39-23-8-5-20(11-22(23)31)42-15-38-26(41-42)18-3-6-21(7-4-18)47-30(35,36)37/h3-11,15H,12-14H2,1-2H3,(H,39,45). The molecule has 1 fully saturated rings. The normalized spacial score (nSPS) is 14.6. The van der Waals surface area contributed by atoms with Gasteiger partial charge in [-0.2, -0.15) is 18.2 Å². The van der Waals surface area contributed by atoms with E-state index >= 15 is 0 Å². The largest absolute Gasteiger partial charge is 0.573 e. The minimum Gasteiger partial charge on any atom is -0.406 e. The van der Waals surface area contributed by atoms with E-state index in [1.807, 2.05) is 0 Å². The van der Waals surface area contributed by atoms with Crippen molar-refractivity contribution in [3.8, 4) is 22.8 Å². The summed E-state index contributed by atoms with van der Waals surface area (Å²) in [6.07, 6.45) is -7.99. The molecule has 18 heteroatoms. The summed E-state index contributed by atoms with van der Waals surface area (Å²) >= 11 is 7.40. The second-order valence-electron chi connectivity index (χ2n) is 10.3. The zero-order chi connectivity index (χ0) is 34.8. The molecule has 0 atom stereocenters. The number of thioether (sulfide) groups is 1. The number of anilines is 2. The first-order chi connectivity index (χ1) is 22.6. The Balaban J connectivity index is 1.30. The number of amides is 3. The lowest BCUT2D eigenvalue weighted by atomic mass is 10.0. The first-order valence-electron chi connectivity index (χ1n) is 13.7. The molecular formula is C30H23ClF6N6O4S. The van der Waals surface area contributed by atoms with E-state index in [0.717, 1.165) is 35.0 Å². The summed E-state index contributed by atoms with van der Waals surface area (Å²) in [4.78, 5) is 35.2. The van der Waals surface area contributed by atoms with E-state index in [9.17, 15) is 35.9 Å². The van der Waals surface area contributed by atoms with Crippen LogP contribution in [0.1, 0.15) is 16.7 Å². The number of benzene rings is 3. The Kier molecular flexibility index (Phi) is 10.0. The first kappa shape index (κ1) is 34.7. The zero-order valence-electron chi connectivity index (χ0n) is 24.8. The number of urea groups is 1. The van der Waals surface area contributed by atoms with Gasteiger partial charge in [0.15, 0.2) is 11.0 Å². The highest BCUT2D eigenvalue weighted by Crippen LogP contribution is 2.33. The number of ether oxygens (including phenoxy) is 2. The van der Waals surface area contributed by atoms with Crippen molar-refractivity contribution in [2.45, 2.75) is 33.0 Å². The van der Waals surface area contributed by atoms with Crippen LogP contribution in [0.2, 0.25) is 5.02 Å². The predicted octanol–water partition coefficient (Wildman–Crippen LogP) is 7.85. The number of nitrogens with zero attached hydrogens (tertiary/aromatic N) is 5. The summed E-state index contributed by atoms with van der Waals surface area (Å²) < 4.78 is 85.5. The topological polar surface area (TPSA) is 111 Å². The second kappa shape index (κ2) is 13.9. The molecule has 0 aliphatic carbocycles. The average Bonchev–Trinajstić information content (AvgIpc) is 3.62. The molecule has 3 aromatic carbocycles. The number of carbonyl (C=O) groups excluding carboxylic acids is 2. The molecule has 3 amide bonds. The van der Waals surface area contributed by atoms with Crippen molar-refractivity contribution < 1.29 is 45.4 Å². The van der Waals surface area contributed by atoms with Crippen molar-refractivity contribution in [3.63, 3.8) is 0 Å². The number of halogens is 7. The third kappa shape index (κ3) is 8.64. The molecule has 10 nitrogen and oxygen atoms in total. The molecule has 0 radical (unpaired) electrons. The highest BCUT2D eigenvalue weighted by Gasteiger charge is 2.34. The summed E-state index contributed by atoms with van der Waals surface area (Å²) in [6.45, 7) is 1.64. The second-order valence-corrected chi connectivity index (χ2v) is 11.6. The summed E-state index contributed by atoms with van der Waals surface area (Å²) in [7, 11) is 0. The summed E-state index contributed by atoms with van der Waals surface area (Å²) in [6, 6.07) is 11.9. The van der Waals surface area contributed by atoms with Crippen LogP contribution in [0.4, 0.5) is 42.5 Å². The van der Waals surface area contributed by atoms with Crippen molar-refractivity contribution in [2.24, 2.45) is 4.99 Å². The number of hydrogen-bond donors (Lipinski definition) is 1. The van der Waals surface area contributed by atoms with Crippen molar-refractivity contribution in [3.05, 3.63) is 82.6 Å². The Labute approximate surface area is 277 Å². The minimum absolute atomic E-state index is 0.0127. The van der Waals surface area contributed by atoms with E-state index in [-0.39, 0.29) is 33.1 Å². The number of aryl methyl sites for hydroxylation is 2. The molecule has 0 unspecified atom stereocenters. The van der Waals surface area contributed by atoms with E-state index < -0.39 is 43.4 Å². The maximum Gasteiger partial charge on any atom is 0.573 e. The minimum atomic E-state index is -4.82. The average molecular weight is 713 g/mol. The Morgan fingerprint density at radius 3 is 2.42 bits per heavy atom. The van der Waals surface area contributed by atoms with Gasteiger partial charge in [0.05, 0.1) is 34.4 Å². The fraction of sp³-hybridized carbons (Fsp3) is 0.233. The van der Waals surface area contributed by atoms with Gasteiger partial charge in [-0.15, -0.1) is 18.3 Å². The molecular weight excluding hydrogens is 690 g/mol. The fourth-order valence-electron chi connectivity index (χ4n) is 4.45. The van der Waals surface area contributed by atoms with Crippen molar-refractivity contribution in [1.29, 1.82) is 0 Å². The number of hydrogen-bond acceptors (Lipinski definition) is 7. The number of aromatic nitrogens is 3. The van der Waals surface area contributed by atoms with E-state index in [0.29, 0.717) is 16.8 Å². The lowest BCUT2D eigenvalue weighted by Crippen LogP contribution is -2.31. The quantitative estimate of drug-likeness (QED) is 0.185. The molecule has 1 aromatic heterocycles. The SMILES string of the molecule is Cc1cc(COCC(F)(F)F)c(N2C(=O)CSC2=NC(=O)Nc2ccc(-n3cnc(-c4ccc(OC(F)(F)F)cc4)n3)cc2Cl)cc1C. The van der Waals surface area contributed by atoms with Crippen LogP contribution in [0, 0.1) is 13.8 Å². The van der Waals surface area contributed by atoms with Gasteiger partial charge in [-0.1, -0.05) is 29.4 Å². The number of amidine groups is 1. The smallest absolute Gasteiger partial charge is 0.406 e. The lowest BCUT2D eigenvalue weighted by Gasteiger charge is -2.22. The molecule has 2 heterocycles. The van der Waals surface area contributed by atoms with Gasteiger partial charge in [0.1, 0.15) is 18.7 Å². The van der Waals surface area contributed by atoms with Crippen molar-refractivity contribution in [1.82, 2.24) is 14.8 Å². The highest BCUT2D eigenvalue weighted by molar-refractivity contribution is 8.15. The van der Waals surface area contributed by atoms with Crippen LogP contribution >= 0.6 is 23.4 Å². The van der Waals surface area contributed by atoms with Crippen molar-refractivity contribution in [2.75, 3.05) is 22.6 Å². The third-order valence-corrected chi connectivity index (χ3v) is 7.95. The van der Waals surface area contributed by atoms with Crippen LogP contribution < -0.4 is 15.0 Å². The molecule has 0 spiro atoms.